The SMILES string of the molecule is CC(C)C=Nc1ncnn2c([C@@H]3O[C@](C#N)(CO[P@](=O)(N[C@@H](C)C(=O)OC4CCOCC4)Oc4ccccc4)[C@@H](OC(=O)C(C)C)[C@H]3OC(=O)C(C)C)ccc12. The molecule has 1 aromatic carbocycles. The minimum Gasteiger partial charge on any atom is -0.461 e. The van der Waals surface area contributed by atoms with Crippen molar-refractivity contribution < 1.29 is 51.7 Å². The summed E-state index contributed by atoms with van der Waals surface area (Å²) in [6.07, 6.45) is -0.706. The number of rotatable bonds is 16. The Morgan fingerprint density at radius 3 is 2.32 bits per heavy atom. The second-order valence-electron chi connectivity index (χ2n) is 14.5. The van der Waals surface area contributed by atoms with Crippen molar-refractivity contribution >= 4 is 43.2 Å². The van der Waals surface area contributed by atoms with Gasteiger partial charge in [0.2, 0.25) is 5.60 Å². The van der Waals surface area contributed by atoms with Crippen LogP contribution in [0.3, 0.4) is 0 Å². The summed E-state index contributed by atoms with van der Waals surface area (Å²) in [5, 5.41) is 18.0. The fourth-order valence-electron chi connectivity index (χ4n) is 5.79. The molecule has 2 fully saturated rings. The van der Waals surface area contributed by atoms with Crippen molar-refractivity contribution in [2.75, 3.05) is 19.8 Å². The van der Waals surface area contributed by atoms with Crippen molar-refractivity contribution in [3.63, 3.8) is 0 Å². The molecule has 0 amide bonds. The highest BCUT2D eigenvalue weighted by molar-refractivity contribution is 7.52. The number of nitriles is 1. The predicted molar refractivity (Wildman–Crippen MR) is 201 cm³/mol. The van der Waals surface area contributed by atoms with Crippen LogP contribution in [0.25, 0.3) is 5.52 Å². The maximum Gasteiger partial charge on any atom is 0.459 e. The molecule has 2 aromatic heterocycles. The van der Waals surface area contributed by atoms with Crippen molar-refractivity contribution in [3.8, 4) is 11.8 Å². The van der Waals surface area contributed by atoms with Crippen LogP contribution in [-0.2, 0) is 47.2 Å². The number of nitrogens with one attached hydrogen (secondary N) is 1. The van der Waals surface area contributed by atoms with Crippen LogP contribution in [0.4, 0.5) is 5.82 Å². The standard InChI is InChI=1S/C38H49N6O11P/c1-23(2)19-40-34-30-14-13-29(44(30)42-22-41-34)31-32(52-35(45)24(3)4)33(53-36(46)25(5)6)38(20-39,54-31)21-50-56(48,55-28-11-9-8-10-12-28)43-26(7)37(47)51-27-15-17-49-18-16-27/h8-14,19,22-27,31-33H,15-18,21H2,1-7H3,(H,43,48)/t26-,31-,32-,33-,38+,56+/m0/s1. The van der Waals surface area contributed by atoms with Gasteiger partial charge < -0.3 is 28.2 Å². The summed E-state index contributed by atoms with van der Waals surface area (Å²) in [7, 11) is -4.59. The third-order valence-corrected chi connectivity index (χ3v) is 10.5. The lowest BCUT2D eigenvalue weighted by atomic mass is 9.95. The number of carbonyl (C=O) groups excluding carboxylic acids is 3. The lowest BCUT2D eigenvalue weighted by Gasteiger charge is -2.31. The monoisotopic (exact) mass is 796 g/mol. The second kappa shape index (κ2) is 18.5. The fraction of sp³-hybridized carbons (Fsp3) is 0.553. The van der Waals surface area contributed by atoms with Gasteiger partial charge in [0.1, 0.15) is 48.5 Å². The van der Waals surface area contributed by atoms with E-state index in [1.165, 1.54) is 29.9 Å². The van der Waals surface area contributed by atoms with Gasteiger partial charge in [-0.1, -0.05) is 59.7 Å². The van der Waals surface area contributed by atoms with Gasteiger partial charge in [0.15, 0.2) is 18.0 Å². The number of para-hydroxylation sites is 1. The maximum absolute atomic E-state index is 14.6. The molecule has 2 saturated heterocycles. The molecule has 6 atom stereocenters. The molecule has 302 valence electrons. The van der Waals surface area contributed by atoms with Crippen LogP contribution in [0.5, 0.6) is 5.75 Å². The molecule has 1 N–H and O–H groups in total. The van der Waals surface area contributed by atoms with Crippen molar-refractivity contribution in [2.45, 2.75) is 97.4 Å². The number of benzene rings is 1. The number of esters is 3. The highest BCUT2D eigenvalue weighted by Gasteiger charge is 2.62. The lowest BCUT2D eigenvalue weighted by Crippen LogP contribution is -2.50. The highest BCUT2D eigenvalue weighted by atomic mass is 31.2. The zero-order chi connectivity index (χ0) is 40.6. The van der Waals surface area contributed by atoms with Gasteiger partial charge in [0.25, 0.3) is 0 Å². The molecular weight excluding hydrogens is 747 g/mol. The normalized spacial score (nSPS) is 23.3. The summed E-state index contributed by atoms with van der Waals surface area (Å²) >= 11 is 0. The summed E-state index contributed by atoms with van der Waals surface area (Å²) in [5.41, 5.74) is -1.49. The summed E-state index contributed by atoms with van der Waals surface area (Å²) in [5.74, 6) is -2.82. The number of hydrogen-bond donors (Lipinski definition) is 1. The number of nitrogens with zero attached hydrogens (tertiary/aromatic N) is 5. The van der Waals surface area contributed by atoms with Crippen LogP contribution in [0.1, 0.15) is 73.1 Å². The Bertz CT molecular complexity index is 1960. The van der Waals surface area contributed by atoms with Crippen molar-refractivity contribution in [2.24, 2.45) is 22.7 Å². The van der Waals surface area contributed by atoms with Gasteiger partial charge in [0, 0.05) is 19.1 Å². The molecule has 0 bridgehead atoms. The van der Waals surface area contributed by atoms with Gasteiger partial charge in [0.05, 0.1) is 30.7 Å². The first kappa shape index (κ1) is 42.4. The molecule has 56 heavy (non-hydrogen) atoms. The molecule has 0 aliphatic carbocycles. The number of ether oxygens (including phenoxy) is 5. The number of hydrogen-bond acceptors (Lipinski definition) is 15. The van der Waals surface area contributed by atoms with E-state index >= 15 is 0 Å². The quantitative estimate of drug-likeness (QED) is 0.0825. The van der Waals surface area contributed by atoms with E-state index in [0.29, 0.717) is 43.1 Å². The van der Waals surface area contributed by atoms with Crippen molar-refractivity contribution in [1.82, 2.24) is 19.7 Å². The largest absolute Gasteiger partial charge is 0.461 e. The molecule has 5 rings (SSSR count). The zero-order valence-corrected chi connectivity index (χ0v) is 33.4. The van der Waals surface area contributed by atoms with E-state index in [4.69, 9.17) is 32.7 Å². The van der Waals surface area contributed by atoms with E-state index in [1.54, 1.807) is 64.2 Å². The Morgan fingerprint density at radius 1 is 1.00 bits per heavy atom. The zero-order valence-electron chi connectivity index (χ0n) is 32.5. The van der Waals surface area contributed by atoms with E-state index in [9.17, 15) is 24.2 Å². The fourth-order valence-corrected chi connectivity index (χ4v) is 7.31. The molecule has 2 aliphatic rings. The first-order valence-corrected chi connectivity index (χ1v) is 20.1. The number of fused-ring (bicyclic) bond motifs is 1. The summed E-state index contributed by atoms with van der Waals surface area (Å²) < 4.78 is 57.4. The summed E-state index contributed by atoms with van der Waals surface area (Å²) in [6.45, 7) is 11.8. The van der Waals surface area contributed by atoms with E-state index in [0.717, 1.165) is 0 Å². The predicted octanol–water partition coefficient (Wildman–Crippen LogP) is 5.46. The maximum atomic E-state index is 14.6. The minimum absolute atomic E-state index is 0.117. The van der Waals surface area contributed by atoms with Crippen LogP contribution in [0, 0.1) is 29.1 Å². The van der Waals surface area contributed by atoms with E-state index in [2.05, 4.69) is 26.2 Å². The van der Waals surface area contributed by atoms with Gasteiger partial charge in [-0.15, -0.1) is 0 Å². The van der Waals surface area contributed by atoms with Crippen molar-refractivity contribution in [1.29, 1.82) is 5.26 Å². The third kappa shape index (κ3) is 10.2. The molecule has 0 spiro atoms. The van der Waals surface area contributed by atoms with E-state index < -0.39 is 80.2 Å². The number of aromatic nitrogens is 3. The van der Waals surface area contributed by atoms with Crippen LogP contribution >= 0.6 is 7.75 Å². The number of aliphatic imine (C=N–C) groups is 1. The topological polar surface area (TPSA) is 211 Å². The molecule has 4 heterocycles. The third-order valence-electron chi connectivity index (χ3n) is 8.84. The smallest absolute Gasteiger partial charge is 0.459 e. The Hall–Kier alpha value is -4.72. The molecular formula is C38H49N6O11P. The van der Waals surface area contributed by atoms with Gasteiger partial charge in [-0.3, -0.25) is 18.9 Å². The Morgan fingerprint density at radius 2 is 1.68 bits per heavy atom. The van der Waals surface area contributed by atoms with E-state index in [1.807, 2.05) is 13.8 Å². The molecule has 17 nitrogen and oxygen atoms in total. The first-order valence-electron chi connectivity index (χ1n) is 18.6. The average Bonchev–Trinajstić information content (AvgIpc) is 3.73. The van der Waals surface area contributed by atoms with Crippen molar-refractivity contribution in [3.05, 3.63) is 54.5 Å². The molecule has 0 radical (unpaired) electrons. The molecule has 0 saturated carbocycles. The molecule has 18 heteroatoms. The molecule has 2 aliphatic heterocycles. The van der Waals surface area contributed by atoms with Gasteiger partial charge >= 0.3 is 25.7 Å². The van der Waals surface area contributed by atoms with Crippen LogP contribution in [0.15, 0.2) is 53.8 Å². The number of carbonyl (C=O) groups is 3. The van der Waals surface area contributed by atoms with Gasteiger partial charge in [-0.2, -0.15) is 15.4 Å². The highest BCUT2D eigenvalue weighted by Crippen LogP contribution is 2.50. The Kier molecular flexibility index (Phi) is 14.0. The second-order valence-corrected chi connectivity index (χ2v) is 16.2. The summed E-state index contributed by atoms with van der Waals surface area (Å²) in [6, 6.07) is 12.3. The molecule has 0 unspecified atom stereocenters. The van der Waals surface area contributed by atoms with Gasteiger partial charge in [-0.05, 0) is 37.1 Å². The minimum atomic E-state index is -4.59. The van der Waals surface area contributed by atoms with E-state index in [-0.39, 0.29) is 11.7 Å². The Labute approximate surface area is 325 Å². The molecule has 3 aromatic rings. The van der Waals surface area contributed by atoms with Gasteiger partial charge in [-0.25, -0.2) is 19.1 Å². The summed E-state index contributed by atoms with van der Waals surface area (Å²) in [4.78, 5) is 48.6. The van der Waals surface area contributed by atoms with Crippen LogP contribution in [-0.4, -0.2) is 88.5 Å². The first-order chi connectivity index (χ1) is 26.6. The lowest BCUT2D eigenvalue weighted by molar-refractivity contribution is -0.173. The Balaban J connectivity index is 1.54. The van der Waals surface area contributed by atoms with Crippen LogP contribution < -0.4 is 9.61 Å². The van der Waals surface area contributed by atoms with Crippen LogP contribution in [0.2, 0.25) is 0 Å². The average molecular weight is 797 g/mol.